The Bertz CT molecular complexity index is 903. The molecule has 142 valence electrons. The number of hydrogen-bond acceptors (Lipinski definition) is 6. The van der Waals surface area contributed by atoms with Crippen molar-refractivity contribution in [1.82, 2.24) is 14.9 Å². The number of rotatable bonds is 8. The SMILES string of the molecule is CCOc1ccc(OCCSc2nnc(-c3cc(Cl)ccc3Cl)n2N)cc1. The quantitative estimate of drug-likeness (QED) is 0.325. The molecule has 0 saturated carbocycles. The number of nitrogen functional groups attached to an aromatic ring is 1. The molecule has 9 heteroatoms. The number of ether oxygens (including phenoxy) is 2. The number of halogens is 2. The lowest BCUT2D eigenvalue weighted by atomic mass is 10.2. The van der Waals surface area contributed by atoms with E-state index in [0.29, 0.717) is 45.6 Å². The molecule has 6 nitrogen and oxygen atoms in total. The maximum Gasteiger partial charge on any atom is 0.210 e. The lowest BCUT2D eigenvalue weighted by Gasteiger charge is -2.08. The molecule has 2 N–H and O–H groups in total. The number of nitrogens with two attached hydrogens (primary N) is 1. The van der Waals surface area contributed by atoms with E-state index in [4.69, 9.17) is 38.5 Å². The average Bonchev–Trinajstić information content (AvgIpc) is 3.03. The number of nitrogens with zero attached hydrogens (tertiary/aromatic N) is 3. The maximum absolute atomic E-state index is 6.21. The molecule has 0 saturated heterocycles. The zero-order valence-corrected chi connectivity index (χ0v) is 16.9. The minimum absolute atomic E-state index is 0.456. The van der Waals surface area contributed by atoms with E-state index in [0.717, 1.165) is 11.5 Å². The zero-order valence-electron chi connectivity index (χ0n) is 14.6. The molecule has 2 aromatic carbocycles. The second-order valence-corrected chi connectivity index (χ2v) is 7.31. The Balaban J connectivity index is 1.56. The van der Waals surface area contributed by atoms with Crippen molar-refractivity contribution in [3.05, 3.63) is 52.5 Å². The summed E-state index contributed by atoms with van der Waals surface area (Å²) in [4.78, 5) is 0. The standard InChI is InChI=1S/C18H18Cl2N4O2S/c1-2-25-13-4-6-14(7-5-13)26-9-10-27-18-23-22-17(24(18)21)15-11-12(19)3-8-16(15)20/h3-8,11H,2,9-10,21H2,1H3. The van der Waals surface area contributed by atoms with Gasteiger partial charge in [0.25, 0.3) is 0 Å². The molecular formula is C18H18Cl2N4O2S. The first-order valence-electron chi connectivity index (χ1n) is 8.23. The highest BCUT2D eigenvalue weighted by Crippen LogP contribution is 2.30. The van der Waals surface area contributed by atoms with Gasteiger partial charge in [0, 0.05) is 16.3 Å². The summed E-state index contributed by atoms with van der Waals surface area (Å²) in [6, 6.07) is 12.6. The molecule has 3 aromatic rings. The van der Waals surface area contributed by atoms with Crippen LogP contribution in [0, 0.1) is 0 Å². The van der Waals surface area contributed by atoms with Crippen molar-refractivity contribution >= 4 is 35.0 Å². The van der Waals surface area contributed by atoms with Gasteiger partial charge in [-0.1, -0.05) is 35.0 Å². The van der Waals surface area contributed by atoms with Crippen LogP contribution in [0.3, 0.4) is 0 Å². The summed E-state index contributed by atoms with van der Waals surface area (Å²) >= 11 is 13.7. The molecule has 1 heterocycles. The van der Waals surface area contributed by atoms with Gasteiger partial charge < -0.3 is 15.3 Å². The van der Waals surface area contributed by atoms with Crippen molar-refractivity contribution in [1.29, 1.82) is 0 Å². The third-order valence-electron chi connectivity index (χ3n) is 3.55. The van der Waals surface area contributed by atoms with E-state index in [9.17, 15) is 0 Å². The molecule has 1 aromatic heterocycles. The van der Waals surface area contributed by atoms with Crippen LogP contribution in [0.1, 0.15) is 6.92 Å². The fourth-order valence-corrected chi connectivity index (χ4v) is 3.37. The third-order valence-corrected chi connectivity index (χ3v) is 5.02. The maximum atomic E-state index is 6.21. The fourth-order valence-electron chi connectivity index (χ4n) is 2.32. The Morgan fingerprint density at radius 1 is 1.04 bits per heavy atom. The molecule has 0 amide bonds. The molecule has 0 spiro atoms. The average molecular weight is 425 g/mol. The summed E-state index contributed by atoms with van der Waals surface area (Å²) in [5, 5.41) is 9.86. The summed E-state index contributed by atoms with van der Waals surface area (Å²) in [6.07, 6.45) is 0. The van der Waals surface area contributed by atoms with E-state index >= 15 is 0 Å². The van der Waals surface area contributed by atoms with Gasteiger partial charge in [0.15, 0.2) is 5.82 Å². The van der Waals surface area contributed by atoms with Crippen LogP contribution in [0.4, 0.5) is 0 Å². The van der Waals surface area contributed by atoms with E-state index in [2.05, 4.69) is 10.2 Å². The number of aromatic nitrogens is 3. The summed E-state index contributed by atoms with van der Waals surface area (Å²) in [5.74, 6) is 8.82. The summed E-state index contributed by atoms with van der Waals surface area (Å²) in [7, 11) is 0. The Labute approximate surface area is 171 Å². The normalized spacial score (nSPS) is 10.8. The summed E-state index contributed by atoms with van der Waals surface area (Å²) in [6.45, 7) is 3.08. The monoisotopic (exact) mass is 424 g/mol. The number of thioether (sulfide) groups is 1. The van der Waals surface area contributed by atoms with Crippen molar-refractivity contribution in [2.45, 2.75) is 12.1 Å². The second-order valence-electron chi connectivity index (χ2n) is 5.40. The van der Waals surface area contributed by atoms with E-state index in [1.807, 2.05) is 31.2 Å². The van der Waals surface area contributed by atoms with Gasteiger partial charge in [0.1, 0.15) is 11.5 Å². The van der Waals surface area contributed by atoms with Crippen molar-refractivity contribution < 1.29 is 9.47 Å². The molecule has 0 fully saturated rings. The Morgan fingerprint density at radius 2 is 1.74 bits per heavy atom. The van der Waals surface area contributed by atoms with Crippen molar-refractivity contribution in [2.24, 2.45) is 0 Å². The first-order chi connectivity index (χ1) is 13.1. The molecular weight excluding hydrogens is 407 g/mol. The van der Waals surface area contributed by atoms with Gasteiger partial charge in [0.05, 0.1) is 18.2 Å². The summed E-state index contributed by atoms with van der Waals surface area (Å²) in [5.41, 5.74) is 0.636. The Hall–Kier alpha value is -2.09. The highest BCUT2D eigenvalue weighted by molar-refractivity contribution is 7.99. The van der Waals surface area contributed by atoms with Crippen molar-refractivity contribution in [2.75, 3.05) is 24.8 Å². The highest BCUT2D eigenvalue weighted by atomic mass is 35.5. The van der Waals surface area contributed by atoms with Gasteiger partial charge in [-0.2, -0.15) is 0 Å². The van der Waals surface area contributed by atoms with Crippen LogP contribution >= 0.6 is 35.0 Å². The molecule has 0 aliphatic heterocycles. The molecule has 27 heavy (non-hydrogen) atoms. The molecule has 0 radical (unpaired) electrons. The van der Waals surface area contributed by atoms with Crippen LogP contribution in [0.5, 0.6) is 11.5 Å². The molecule has 0 unspecified atom stereocenters. The molecule has 0 aliphatic rings. The van der Waals surface area contributed by atoms with Crippen LogP contribution in [-0.2, 0) is 0 Å². The number of benzene rings is 2. The van der Waals surface area contributed by atoms with E-state index in [1.54, 1.807) is 18.2 Å². The van der Waals surface area contributed by atoms with Gasteiger partial charge >= 0.3 is 0 Å². The topological polar surface area (TPSA) is 75.2 Å². The zero-order chi connectivity index (χ0) is 19.2. The third kappa shape index (κ3) is 5.00. The summed E-state index contributed by atoms with van der Waals surface area (Å²) < 4.78 is 12.5. The van der Waals surface area contributed by atoms with Crippen LogP contribution in [0.2, 0.25) is 10.0 Å². The molecule has 0 aliphatic carbocycles. The minimum Gasteiger partial charge on any atom is -0.494 e. The molecule has 0 bridgehead atoms. The minimum atomic E-state index is 0.456. The first kappa shape index (κ1) is 19.7. The lowest BCUT2D eigenvalue weighted by molar-refractivity contribution is 0.332. The van der Waals surface area contributed by atoms with Gasteiger partial charge in [-0.3, -0.25) is 0 Å². The van der Waals surface area contributed by atoms with Gasteiger partial charge in [-0.15, -0.1) is 10.2 Å². The van der Waals surface area contributed by atoms with E-state index in [-0.39, 0.29) is 0 Å². The lowest BCUT2D eigenvalue weighted by Crippen LogP contribution is -2.12. The number of hydrogen-bond donors (Lipinski definition) is 1. The highest BCUT2D eigenvalue weighted by Gasteiger charge is 2.15. The first-order valence-corrected chi connectivity index (χ1v) is 9.97. The second kappa shape index (κ2) is 9.21. The predicted octanol–water partition coefficient (Wildman–Crippen LogP) is 4.54. The van der Waals surface area contributed by atoms with Crippen LogP contribution in [-0.4, -0.2) is 33.8 Å². The molecule has 0 atom stereocenters. The van der Waals surface area contributed by atoms with Crippen molar-refractivity contribution in [3.8, 4) is 22.9 Å². The van der Waals surface area contributed by atoms with Crippen LogP contribution in [0.25, 0.3) is 11.4 Å². The fraction of sp³-hybridized carbons (Fsp3) is 0.222. The molecule has 3 rings (SSSR count). The van der Waals surface area contributed by atoms with Crippen LogP contribution in [0.15, 0.2) is 47.6 Å². The van der Waals surface area contributed by atoms with Gasteiger partial charge in [-0.25, -0.2) is 4.68 Å². The predicted molar refractivity (Wildman–Crippen MR) is 109 cm³/mol. The van der Waals surface area contributed by atoms with Crippen molar-refractivity contribution in [3.63, 3.8) is 0 Å². The Morgan fingerprint density at radius 3 is 2.44 bits per heavy atom. The Kier molecular flexibility index (Phi) is 6.71. The van der Waals surface area contributed by atoms with Gasteiger partial charge in [-0.05, 0) is 49.4 Å². The smallest absolute Gasteiger partial charge is 0.210 e. The van der Waals surface area contributed by atoms with E-state index < -0.39 is 0 Å². The van der Waals surface area contributed by atoms with Crippen LogP contribution < -0.4 is 15.3 Å². The van der Waals surface area contributed by atoms with E-state index in [1.165, 1.54) is 16.4 Å². The largest absolute Gasteiger partial charge is 0.494 e. The van der Waals surface area contributed by atoms with Gasteiger partial charge in [0.2, 0.25) is 5.16 Å².